The van der Waals surface area contributed by atoms with Gasteiger partial charge in [0.05, 0.1) is 12.5 Å². The lowest BCUT2D eigenvalue weighted by Crippen LogP contribution is -2.12. The van der Waals surface area contributed by atoms with Crippen molar-refractivity contribution < 1.29 is 15.0 Å². The Morgan fingerprint density at radius 2 is 1.04 bits per heavy atom. The number of rotatable bonds is 18. The molecule has 1 atom stereocenters. The van der Waals surface area contributed by atoms with Crippen molar-refractivity contribution in [1.29, 1.82) is 0 Å². The zero-order valence-electron chi connectivity index (χ0n) is 15.4. The standard InChI is InChI=1S/C20H40O3/c1-2-3-4-5-6-7-8-9-10-11-12-13-14-15-16-17-19(21)18-20(22)23/h19,21H,2-18H2,1H3,(H,22,23). The molecule has 0 aliphatic carbocycles. The predicted octanol–water partition coefficient (Wildman–Crippen LogP) is 6.08. The van der Waals surface area contributed by atoms with E-state index in [2.05, 4.69) is 6.92 Å². The Kier molecular flexibility index (Phi) is 17.3. The lowest BCUT2D eigenvalue weighted by atomic mass is 10.0. The monoisotopic (exact) mass is 328 g/mol. The zero-order chi connectivity index (χ0) is 17.2. The average molecular weight is 329 g/mol. The molecule has 0 radical (unpaired) electrons. The number of aliphatic hydroxyl groups excluding tert-OH is 1. The number of aliphatic carboxylic acids is 1. The number of carbonyl (C=O) groups is 1. The van der Waals surface area contributed by atoms with Crippen molar-refractivity contribution in [2.75, 3.05) is 0 Å². The van der Waals surface area contributed by atoms with Gasteiger partial charge in [-0.1, -0.05) is 103 Å². The van der Waals surface area contributed by atoms with Gasteiger partial charge in [-0.25, -0.2) is 0 Å². The molecule has 0 rings (SSSR count). The fourth-order valence-electron chi connectivity index (χ4n) is 3.05. The molecule has 0 aliphatic heterocycles. The highest BCUT2D eigenvalue weighted by molar-refractivity contribution is 5.67. The van der Waals surface area contributed by atoms with Crippen LogP contribution in [0.1, 0.15) is 116 Å². The Hall–Kier alpha value is -0.570. The Morgan fingerprint density at radius 3 is 1.39 bits per heavy atom. The topological polar surface area (TPSA) is 57.5 Å². The van der Waals surface area contributed by atoms with Gasteiger partial charge >= 0.3 is 5.97 Å². The maximum Gasteiger partial charge on any atom is 0.305 e. The van der Waals surface area contributed by atoms with Gasteiger partial charge in [0.2, 0.25) is 0 Å². The van der Waals surface area contributed by atoms with E-state index in [4.69, 9.17) is 5.11 Å². The molecular weight excluding hydrogens is 288 g/mol. The highest BCUT2D eigenvalue weighted by atomic mass is 16.4. The normalized spacial score (nSPS) is 12.4. The summed E-state index contributed by atoms with van der Waals surface area (Å²) >= 11 is 0. The van der Waals surface area contributed by atoms with Crippen LogP contribution in [0.15, 0.2) is 0 Å². The van der Waals surface area contributed by atoms with Gasteiger partial charge in [-0.15, -0.1) is 0 Å². The summed E-state index contributed by atoms with van der Waals surface area (Å²) in [7, 11) is 0. The lowest BCUT2D eigenvalue weighted by Gasteiger charge is -2.07. The van der Waals surface area contributed by atoms with E-state index in [9.17, 15) is 9.90 Å². The van der Waals surface area contributed by atoms with Crippen molar-refractivity contribution >= 4 is 5.97 Å². The summed E-state index contributed by atoms with van der Waals surface area (Å²) < 4.78 is 0. The van der Waals surface area contributed by atoms with Crippen LogP contribution in [0.25, 0.3) is 0 Å². The Labute approximate surface area is 143 Å². The second kappa shape index (κ2) is 17.8. The van der Waals surface area contributed by atoms with E-state index in [1.54, 1.807) is 0 Å². The second-order valence-corrected chi connectivity index (χ2v) is 6.99. The molecule has 2 N–H and O–H groups in total. The highest BCUT2D eigenvalue weighted by Gasteiger charge is 2.08. The van der Waals surface area contributed by atoms with Crippen molar-refractivity contribution in [1.82, 2.24) is 0 Å². The molecule has 0 aliphatic rings. The van der Waals surface area contributed by atoms with Gasteiger partial charge in [-0.3, -0.25) is 4.79 Å². The van der Waals surface area contributed by atoms with Gasteiger partial charge in [0.1, 0.15) is 0 Å². The first-order valence-corrected chi connectivity index (χ1v) is 10.1. The van der Waals surface area contributed by atoms with Crippen LogP contribution in [0, 0.1) is 0 Å². The molecule has 3 nitrogen and oxygen atoms in total. The molecule has 0 bridgehead atoms. The maximum absolute atomic E-state index is 10.4. The van der Waals surface area contributed by atoms with Crippen molar-refractivity contribution in [3.63, 3.8) is 0 Å². The molecule has 3 heteroatoms. The SMILES string of the molecule is CCCCCCCCCCCCCCCCCC(O)CC(=O)O. The highest BCUT2D eigenvalue weighted by Crippen LogP contribution is 2.14. The predicted molar refractivity (Wildman–Crippen MR) is 97.8 cm³/mol. The average Bonchev–Trinajstić information content (AvgIpc) is 2.50. The quantitative estimate of drug-likeness (QED) is 0.300. The second-order valence-electron chi connectivity index (χ2n) is 6.99. The number of hydrogen-bond donors (Lipinski definition) is 2. The maximum atomic E-state index is 10.4. The van der Waals surface area contributed by atoms with E-state index in [0.717, 1.165) is 12.8 Å². The molecule has 0 amide bonds. The summed E-state index contributed by atoms with van der Waals surface area (Å²) in [6.45, 7) is 2.27. The molecular formula is C20H40O3. The Balaban J connectivity index is 3.06. The van der Waals surface area contributed by atoms with Crippen LogP contribution in [0.5, 0.6) is 0 Å². The van der Waals surface area contributed by atoms with Gasteiger partial charge in [0, 0.05) is 0 Å². The third-order valence-corrected chi connectivity index (χ3v) is 4.55. The van der Waals surface area contributed by atoms with E-state index < -0.39 is 12.1 Å². The summed E-state index contributed by atoms with van der Waals surface area (Å²) in [6.07, 6.45) is 19.7. The fraction of sp³-hybridized carbons (Fsp3) is 0.950. The smallest absolute Gasteiger partial charge is 0.305 e. The number of hydrogen-bond acceptors (Lipinski definition) is 2. The first-order chi connectivity index (χ1) is 11.2. The van der Waals surface area contributed by atoms with Crippen LogP contribution in [0.3, 0.4) is 0 Å². The molecule has 0 heterocycles. The van der Waals surface area contributed by atoms with Crippen LogP contribution >= 0.6 is 0 Å². The third kappa shape index (κ3) is 19.4. The molecule has 1 unspecified atom stereocenters. The first-order valence-electron chi connectivity index (χ1n) is 10.1. The van der Waals surface area contributed by atoms with Crippen molar-refractivity contribution in [3.8, 4) is 0 Å². The number of carboxylic acids is 1. The summed E-state index contributed by atoms with van der Waals surface area (Å²) in [5.74, 6) is -0.904. The van der Waals surface area contributed by atoms with Gasteiger partial charge in [-0.05, 0) is 6.42 Å². The van der Waals surface area contributed by atoms with Crippen molar-refractivity contribution in [2.24, 2.45) is 0 Å². The van der Waals surface area contributed by atoms with Crippen molar-refractivity contribution in [2.45, 2.75) is 122 Å². The molecule has 0 aromatic heterocycles. The Morgan fingerprint density at radius 1 is 0.696 bits per heavy atom. The summed E-state index contributed by atoms with van der Waals surface area (Å²) in [5.41, 5.74) is 0. The molecule has 0 saturated heterocycles. The minimum absolute atomic E-state index is 0.112. The summed E-state index contributed by atoms with van der Waals surface area (Å²) in [5, 5.41) is 18.0. The number of carboxylic acid groups (broad SMARTS) is 1. The van der Waals surface area contributed by atoms with Crippen LogP contribution in [0.4, 0.5) is 0 Å². The Bertz CT molecular complexity index is 253. The van der Waals surface area contributed by atoms with Gasteiger partial charge in [-0.2, -0.15) is 0 Å². The number of aliphatic hydroxyl groups is 1. The van der Waals surface area contributed by atoms with E-state index in [0.29, 0.717) is 6.42 Å². The molecule has 0 saturated carbocycles. The molecule has 0 aromatic rings. The molecule has 138 valence electrons. The molecule has 0 aromatic carbocycles. The van der Waals surface area contributed by atoms with Crippen LogP contribution < -0.4 is 0 Å². The van der Waals surface area contributed by atoms with Crippen molar-refractivity contribution in [3.05, 3.63) is 0 Å². The summed E-state index contributed by atoms with van der Waals surface area (Å²) in [4.78, 5) is 10.4. The zero-order valence-corrected chi connectivity index (χ0v) is 15.4. The van der Waals surface area contributed by atoms with Gasteiger partial charge in [0.25, 0.3) is 0 Å². The van der Waals surface area contributed by atoms with E-state index in [-0.39, 0.29) is 6.42 Å². The van der Waals surface area contributed by atoms with Crippen LogP contribution in [-0.2, 0) is 4.79 Å². The van der Waals surface area contributed by atoms with Crippen LogP contribution in [-0.4, -0.2) is 22.3 Å². The summed E-state index contributed by atoms with van der Waals surface area (Å²) in [6, 6.07) is 0. The van der Waals surface area contributed by atoms with E-state index in [1.807, 2.05) is 0 Å². The molecule has 0 fully saturated rings. The minimum Gasteiger partial charge on any atom is -0.481 e. The first kappa shape index (κ1) is 22.4. The molecule has 0 spiro atoms. The van der Waals surface area contributed by atoms with E-state index in [1.165, 1.54) is 83.5 Å². The minimum atomic E-state index is -0.904. The van der Waals surface area contributed by atoms with Gasteiger partial charge < -0.3 is 10.2 Å². The molecule has 23 heavy (non-hydrogen) atoms. The number of unbranched alkanes of at least 4 members (excludes halogenated alkanes) is 14. The fourth-order valence-corrected chi connectivity index (χ4v) is 3.05. The van der Waals surface area contributed by atoms with E-state index >= 15 is 0 Å². The lowest BCUT2D eigenvalue weighted by molar-refractivity contribution is -0.139. The largest absolute Gasteiger partial charge is 0.481 e. The third-order valence-electron chi connectivity index (χ3n) is 4.55. The van der Waals surface area contributed by atoms with Gasteiger partial charge in [0.15, 0.2) is 0 Å². The van der Waals surface area contributed by atoms with Crippen LogP contribution in [0.2, 0.25) is 0 Å².